The number of unbranched alkanes of at least 4 members (excludes halogenated alkanes) is 17. The molecule has 0 bridgehead atoms. The Labute approximate surface area is 436 Å². The molecule has 0 aromatic carbocycles. The molecule has 0 aliphatic carbocycles. The van der Waals surface area contributed by atoms with Gasteiger partial charge in [0.25, 0.3) is 0 Å². The van der Waals surface area contributed by atoms with Crippen LogP contribution in [0.1, 0.15) is 239 Å². The molecule has 400 valence electrons. The molecule has 0 aliphatic heterocycles. The number of carbonyl (C=O) groups is 3. The van der Waals surface area contributed by atoms with E-state index < -0.39 is 6.10 Å². The highest BCUT2D eigenvalue weighted by Gasteiger charge is 2.19. The number of allylic oxidation sites excluding steroid dienone is 22. The van der Waals surface area contributed by atoms with Gasteiger partial charge in [0.1, 0.15) is 13.2 Å². The molecular formula is C65H104O6. The monoisotopic (exact) mass is 981 g/mol. The average molecular weight is 982 g/mol. The van der Waals surface area contributed by atoms with Crippen LogP contribution in [0.15, 0.2) is 134 Å². The molecular weight excluding hydrogens is 877 g/mol. The molecule has 71 heavy (non-hydrogen) atoms. The Kier molecular flexibility index (Phi) is 54.5. The zero-order chi connectivity index (χ0) is 51.4. The van der Waals surface area contributed by atoms with E-state index in [1.165, 1.54) is 77.0 Å². The van der Waals surface area contributed by atoms with Gasteiger partial charge in [0.05, 0.1) is 0 Å². The predicted molar refractivity (Wildman–Crippen MR) is 306 cm³/mol. The zero-order valence-electron chi connectivity index (χ0n) is 45.7. The van der Waals surface area contributed by atoms with Crippen molar-refractivity contribution < 1.29 is 28.6 Å². The summed E-state index contributed by atoms with van der Waals surface area (Å²) in [5.74, 6) is -1.04. The maximum atomic E-state index is 12.9. The first-order valence-corrected chi connectivity index (χ1v) is 28.7. The molecule has 0 aromatic heterocycles. The van der Waals surface area contributed by atoms with Crippen LogP contribution in [0.2, 0.25) is 0 Å². The van der Waals surface area contributed by atoms with E-state index >= 15 is 0 Å². The Morgan fingerprint density at radius 3 is 0.958 bits per heavy atom. The van der Waals surface area contributed by atoms with Gasteiger partial charge in [-0.05, 0) is 122 Å². The molecule has 6 heteroatoms. The second-order valence-electron chi connectivity index (χ2n) is 18.4. The Morgan fingerprint density at radius 1 is 0.296 bits per heavy atom. The van der Waals surface area contributed by atoms with Crippen molar-refractivity contribution in [2.45, 2.75) is 245 Å². The van der Waals surface area contributed by atoms with Crippen molar-refractivity contribution >= 4 is 17.9 Å². The summed E-state index contributed by atoms with van der Waals surface area (Å²) in [6.45, 7) is 6.31. The van der Waals surface area contributed by atoms with E-state index in [1.807, 2.05) is 12.2 Å². The predicted octanol–water partition coefficient (Wildman–Crippen LogP) is 19.4. The van der Waals surface area contributed by atoms with Crippen molar-refractivity contribution in [1.29, 1.82) is 0 Å². The van der Waals surface area contributed by atoms with Crippen molar-refractivity contribution in [3.05, 3.63) is 134 Å². The summed E-state index contributed by atoms with van der Waals surface area (Å²) in [7, 11) is 0. The SMILES string of the molecule is CC/C=C\C/C=C\C/C=C\C/C=C\C/C=C\C/C=C\CCC(=O)OC[C@H](COC(=O)CCCCCCCCC/C=C\CCCCCCCC)OC(=O)CCCCCC/C=C\C/C=C\C/C=C\C/C=C\CC. The van der Waals surface area contributed by atoms with Crippen LogP contribution < -0.4 is 0 Å². The summed E-state index contributed by atoms with van der Waals surface area (Å²) < 4.78 is 16.8. The van der Waals surface area contributed by atoms with Gasteiger partial charge in [0.15, 0.2) is 6.10 Å². The van der Waals surface area contributed by atoms with Gasteiger partial charge in [-0.15, -0.1) is 0 Å². The second kappa shape index (κ2) is 58.1. The highest BCUT2D eigenvalue weighted by Crippen LogP contribution is 2.13. The van der Waals surface area contributed by atoms with Gasteiger partial charge < -0.3 is 14.2 Å². The van der Waals surface area contributed by atoms with Gasteiger partial charge in [0, 0.05) is 19.3 Å². The summed E-state index contributed by atoms with van der Waals surface area (Å²) in [6.07, 6.45) is 81.6. The lowest BCUT2D eigenvalue weighted by molar-refractivity contribution is -0.166. The molecule has 0 fully saturated rings. The molecule has 0 radical (unpaired) electrons. The molecule has 0 unspecified atom stereocenters. The van der Waals surface area contributed by atoms with Gasteiger partial charge in [-0.3, -0.25) is 14.4 Å². The van der Waals surface area contributed by atoms with Gasteiger partial charge in [-0.2, -0.15) is 0 Å². The van der Waals surface area contributed by atoms with E-state index in [4.69, 9.17) is 14.2 Å². The van der Waals surface area contributed by atoms with E-state index in [0.29, 0.717) is 12.8 Å². The molecule has 0 rings (SSSR count). The van der Waals surface area contributed by atoms with Crippen LogP contribution in [0.25, 0.3) is 0 Å². The third-order valence-corrected chi connectivity index (χ3v) is 11.6. The van der Waals surface area contributed by atoms with Crippen LogP contribution in [0.4, 0.5) is 0 Å². The number of esters is 3. The minimum absolute atomic E-state index is 0.118. The molecule has 0 aliphatic rings. The Morgan fingerprint density at radius 2 is 0.577 bits per heavy atom. The maximum Gasteiger partial charge on any atom is 0.306 e. The van der Waals surface area contributed by atoms with Gasteiger partial charge in [0.2, 0.25) is 0 Å². The van der Waals surface area contributed by atoms with Crippen LogP contribution in [0, 0.1) is 0 Å². The molecule has 0 aromatic rings. The fourth-order valence-electron chi connectivity index (χ4n) is 7.39. The summed E-state index contributed by atoms with van der Waals surface area (Å²) in [5.41, 5.74) is 0. The van der Waals surface area contributed by atoms with Gasteiger partial charge in [-0.1, -0.05) is 231 Å². The highest BCUT2D eigenvalue weighted by atomic mass is 16.6. The van der Waals surface area contributed by atoms with Gasteiger partial charge >= 0.3 is 17.9 Å². The molecule has 0 saturated carbocycles. The first-order valence-electron chi connectivity index (χ1n) is 28.7. The first-order chi connectivity index (χ1) is 35.0. The van der Waals surface area contributed by atoms with E-state index in [0.717, 1.165) is 116 Å². The number of rotatable bonds is 50. The molecule has 6 nitrogen and oxygen atoms in total. The van der Waals surface area contributed by atoms with Crippen molar-refractivity contribution in [3.8, 4) is 0 Å². The Balaban J connectivity index is 4.57. The van der Waals surface area contributed by atoms with Crippen LogP contribution in [-0.2, 0) is 28.6 Å². The number of carbonyl (C=O) groups excluding carboxylic acids is 3. The minimum Gasteiger partial charge on any atom is -0.462 e. The van der Waals surface area contributed by atoms with E-state index in [-0.39, 0.29) is 44.0 Å². The smallest absolute Gasteiger partial charge is 0.306 e. The number of ether oxygens (including phenoxy) is 3. The Bertz CT molecular complexity index is 1550. The van der Waals surface area contributed by atoms with Gasteiger partial charge in [-0.25, -0.2) is 0 Å². The summed E-state index contributed by atoms with van der Waals surface area (Å²) in [5, 5.41) is 0. The van der Waals surface area contributed by atoms with Crippen molar-refractivity contribution in [2.75, 3.05) is 13.2 Å². The fraction of sp³-hybridized carbons (Fsp3) is 0.615. The lowest BCUT2D eigenvalue weighted by atomic mass is 10.1. The largest absolute Gasteiger partial charge is 0.462 e. The van der Waals surface area contributed by atoms with Crippen molar-refractivity contribution in [3.63, 3.8) is 0 Å². The standard InChI is InChI=1S/C65H104O6/c1-4-7-10-13-16-19-22-25-28-31-32-35-37-40-43-46-49-52-55-58-64(67)70-61-62(71-65(68)59-56-53-50-47-44-41-38-34-30-27-24-21-18-15-12-9-6-3)60-69-63(66)57-54-51-48-45-42-39-36-33-29-26-23-20-17-14-11-8-5-2/h7,9-10,12,16,18-19,21,25-30,32,35,38,40-41,43,49,52,62H,4-6,8,11,13-15,17,20,22-24,31,33-34,36-37,39,42,44-48,50-51,53-61H2,1-3H3/b10-7-,12-9-,19-16-,21-18-,28-25-,29-26-,30-27-,35-32-,41-38-,43-40-,52-49-/t62-/m0/s1. The summed E-state index contributed by atoms with van der Waals surface area (Å²) in [4.78, 5) is 38.2. The molecule has 0 heterocycles. The van der Waals surface area contributed by atoms with E-state index in [9.17, 15) is 14.4 Å². The van der Waals surface area contributed by atoms with Crippen LogP contribution >= 0.6 is 0 Å². The van der Waals surface area contributed by atoms with Crippen LogP contribution in [0.3, 0.4) is 0 Å². The van der Waals surface area contributed by atoms with Crippen LogP contribution in [-0.4, -0.2) is 37.2 Å². The third kappa shape index (κ3) is 56.3. The number of hydrogen-bond acceptors (Lipinski definition) is 6. The summed E-state index contributed by atoms with van der Waals surface area (Å²) >= 11 is 0. The molecule has 0 saturated heterocycles. The topological polar surface area (TPSA) is 78.9 Å². The normalized spacial score (nSPS) is 13.1. The minimum atomic E-state index is -0.829. The van der Waals surface area contributed by atoms with E-state index in [2.05, 4.69) is 142 Å². The maximum absolute atomic E-state index is 12.9. The van der Waals surface area contributed by atoms with E-state index in [1.54, 1.807) is 0 Å². The van der Waals surface area contributed by atoms with Crippen molar-refractivity contribution in [1.82, 2.24) is 0 Å². The third-order valence-electron chi connectivity index (χ3n) is 11.6. The fourth-order valence-corrected chi connectivity index (χ4v) is 7.39. The zero-order valence-corrected chi connectivity index (χ0v) is 45.7. The second-order valence-corrected chi connectivity index (χ2v) is 18.4. The molecule has 1 atom stereocenters. The number of hydrogen-bond donors (Lipinski definition) is 0. The lowest BCUT2D eigenvalue weighted by Gasteiger charge is -2.18. The van der Waals surface area contributed by atoms with Crippen molar-refractivity contribution in [2.24, 2.45) is 0 Å². The quantitative estimate of drug-likeness (QED) is 0.0262. The molecule has 0 N–H and O–H groups in total. The Hall–Kier alpha value is -4.45. The van der Waals surface area contributed by atoms with Crippen LogP contribution in [0.5, 0.6) is 0 Å². The molecule has 0 spiro atoms. The summed E-state index contributed by atoms with van der Waals surface area (Å²) in [6, 6.07) is 0. The first kappa shape index (κ1) is 66.6. The average Bonchev–Trinajstić information content (AvgIpc) is 3.37. The highest BCUT2D eigenvalue weighted by molar-refractivity contribution is 5.71. The molecule has 0 amide bonds. The lowest BCUT2D eigenvalue weighted by Crippen LogP contribution is -2.30.